The number of sulfonamides is 1. The zero-order valence-corrected chi connectivity index (χ0v) is 19.5. The van der Waals surface area contributed by atoms with Crippen molar-refractivity contribution >= 4 is 21.6 Å². The minimum atomic E-state index is -3.96. The zero-order chi connectivity index (χ0) is 23.6. The van der Waals surface area contributed by atoms with Gasteiger partial charge in [-0.25, -0.2) is 8.42 Å². The van der Waals surface area contributed by atoms with E-state index in [2.05, 4.69) is 10.0 Å². The summed E-state index contributed by atoms with van der Waals surface area (Å²) in [5.41, 5.74) is 3.57. The van der Waals surface area contributed by atoms with Gasteiger partial charge in [0, 0.05) is 11.8 Å². The molecule has 0 bridgehead atoms. The molecule has 3 aromatic rings. The SMILES string of the molecule is Cc1cc(C)c(S(=O)(=O)N[C@@H](Cc2ccccc2)C(=O)Nc2ccc3c(c2)OCO3)c(C)c1. The lowest BCUT2D eigenvalue weighted by molar-refractivity contribution is -0.117. The van der Waals surface area contributed by atoms with Crippen LogP contribution in [0.2, 0.25) is 0 Å². The molecule has 172 valence electrons. The van der Waals surface area contributed by atoms with E-state index < -0.39 is 22.0 Å². The molecule has 0 fully saturated rings. The number of nitrogens with one attached hydrogen (secondary N) is 2. The van der Waals surface area contributed by atoms with E-state index in [1.165, 1.54) is 0 Å². The summed E-state index contributed by atoms with van der Waals surface area (Å²) in [6.07, 6.45) is 0.195. The topological polar surface area (TPSA) is 93.7 Å². The van der Waals surface area contributed by atoms with Gasteiger partial charge >= 0.3 is 0 Å². The average molecular weight is 467 g/mol. The molecule has 0 unspecified atom stereocenters. The summed E-state index contributed by atoms with van der Waals surface area (Å²) in [6.45, 7) is 5.56. The predicted molar refractivity (Wildman–Crippen MR) is 126 cm³/mol. The van der Waals surface area contributed by atoms with Crippen molar-refractivity contribution < 1.29 is 22.7 Å². The summed E-state index contributed by atoms with van der Waals surface area (Å²) in [7, 11) is -3.96. The van der Waals surface area contributed by atoms with E-state index in [4.69, 9.17) is 9.47 Å². The Morgan fingerprint density at radius 2 is 1.61 bits per heavy atom. The number of fused-ring (bicyclic) bond motifs is 1. The second-order valence-corrected chi connectivity index (χ2v) is 9.80. The molecule has 1 aliphatic heterocycles. The standard InChI is InChI=1S/C25H26N2O5S/c1-16-11-17(2)24(18(3)12-16)33(29,30)27-21(13-19-7-5-4-6-8-19)25(28)26-20-9-10-22-23(14-20)32-15-31-22/h4-12,14,21,27H,13,15H2,1-3H3,(H,26,28)/t21-/m0/s1. The fourth-order valence-electron chi connectivity index (χ4n) is 4.08. The van der Waals surface area contributed by atoms with Crippen LogP contribution in [0.15, 0.2) is 65.6 Å². The molecule has 0 saturated carbocycles. The van der Waals surface area contributed by atoms with Crippen LogP contribution in [-0.4, -0.2) is 27.2 Å². The molecule has 8 heteroatoms. The summed E-state index contributed by atoms with van der Waals surface area (Å²) in [5, 5.41) is 2.80. The van der Waals surface area contributed by atoms with Crippen molar-refractivity contribution in [2.24, 2.45) is 0 Å². The minimum Gasteiger partial charge on any atom is -0.454 e. The number of amides is 1. The van der Waals surface area contributed by atoms with Gasteiger partial charge in [0.2, 0.25) is 22.7 Å². The number of hydrogen-bond donors (Lipinski definition) is 2. The molecule has 3 aromatic carbocycles. The molecule has 0 spiro atoms. The number of anilines is 1. The van der Waals surface area contributed by atoms with Crippen molar-refractivity contribution in [1.82, 2.24) is 4.72 Å². The fourth-order valence-corrected chi connectivity index (χ4v) is 5.73. The monoisotopic (exact) mass is 466 g/mol. The molecule has 2 N–H and O–H groups in total. The number of aryl methyl sites for hydroxylation is 3. The van der Waals surface area contributed by atoms with E-state index in [0.717, 1.165) is 11.1 Å². The third-order valence-electron chi connectivity index (χ3n) is 5.41. The highest BCUT2D eigenvalue weighted by molar-refractivity contribution is 7.89. The molecule has 1 heterocycles. The maximum atomic E-state index is 13.4. The first-order chi connectivity index (χ1) is 15.7. The summed E-state index contributed by atoms with van der Waals surface area (Å²) >= 11 is 0. The van der Waals surface area contributed by atoms with Crippen molar-refractivity contribution in [3.63, 3.8) is 0 Å². The Balaban J connectivity index is 1.62. The fraction of sp³-hybridized carbons (Fsp3) is 0.240. The third-order valence-corrected chi connectivity index (χ3v) is 7.19. The Morgan fingerprint density at radius 3 is 2.30 bits per heavy atom. The molecule has 0 aliphatic carbocycles. The number of carbonyl (C=O) groups is 1. The summed E-state index contributed by atoms with van der Waals surface area (Å²) < 4.78 is 40.0. The zero-order valence-electron chi connectivity index (χ0n) is 18.7. The highest BCUT2D eigenvalue weighted by atomic mass is 32.2. The smallest absolute Gasteiger partial charge is 0.242 e. The van der Waals surface area contributed by atoms with Crippen LogP contribution in [0.3, 0.4) is 0 Å². The highest BCUT2D eigenvalue weighted by Crippen LogP contribution is 2.34. The van der Waals surface area contributed by atoms with Crippen LogP contribution in [0, 0.1) is 20.8 Å². The number of hydrogen-bond acceptors (Lipinski definition) is 5. The van der Waals surface area contributed by atoms with E-state index in [1.54, 1.807) is 32.0 Å². The first-order valence-electron chi connectivity index (χ1n) is 10.6. The lowest BCUT2D eigenvalue weighted by atomic mass is 10.1. The summed E-state index contributed by atoms with van der Waals surface area (Å²) in [6, 6.07) is 17.0. The number of carbonyl (C=O) groups excluding carboxylic acids is 1. The van der Waals surface area contributed by atoms with Crippen LogP contribution < -0.4 is 19.5 Å². The van der Waals surface area contributed by atoms with E-state index in [1.807, 2.05) is 49.4 Å². The van der Waals surface area contributed by atoms with Crippen molar-refractivity contribution in [3.8, 4) is 11.5 Å². The Morgan fingerprint density at radius 1 is 0.939 bits per heavy atom. The summed E-state index contributed by atoms with van der Waals surface area (Å²) in [5.74, 6) is 0.655. The molecular weight excluding hydrogens is 440 g/mol. The molecule has 33 heavy (non-hydrogen) atoms. The maximum absolute atomic E-state index is 13.4. The molecule has 1 atom stereocenters. The molecule has 7 nitrogen and oxygen atoms in total. The normalized spacial score (nSPS) is 13.5. The van der Waals surface area contributed by atoms with Gasteiger partial charge in [0.25, 0.3) is 0 Å². The van der Waals surface area contributed by atoms with Gasteiger partial charge in [0.15, 0.2) is 11.5 Å². The minimum absolute atomic E-state index is 0.123. The first kappa shape index (κ1) is 22.8. The Hall–Kier alpha value is -3.36. The van der Waals surface area contributed by atoms with E-state index in [-0.39, 0.29) is 18.1 Å². The molecule has 0 saturated heterocycles. The quantitative estimate of drug-likeness (QED) is 0.551. The van der Waals surface area contributed by atoms with Gasteiger partial charge in [-0.1, -0.05) is 48.0 Å². The van der Waals surface area contributed by atoms with Crippen molar-refractivity contribution in [2.75, 3.05) is 12.1 Å². The molecule has 0 aromatic heterocycles. The Labute approximate surface area is 193 Å². The van der Waals surface area contributed by atoms with Gasteiger partial charge in [-0.3, -0.25) is 4.79 Å². The number of benzene rings is 3. The Bertz CT molecular complexity index is 1270. The van der Waals surface area contributed by atoms with Crippen molar-refractivity contribution in [3.05, 3.63) is 82.9 Å². The molecule has 1 amide bonds. The predicted octanol–water partition coefficient (Wildman–Crippen LogP) is 3.87. The summed E-state index contributed by atoms with van der Waals surface area (Å²) in [4.78, 5) is 13.4. The van der Waals surface area contributed by atoms with Gasteiger partial charge in [0.05, 0.1) is 4.90 Å². The second kappa shape index (κ2) is 9.25. The lowest BCUT2D eigenvalue weighted by Crippen LogP contribution is -2.45. The van der Waals surface area contributed by atoms with Crippen LogP contribution in [0.25, 0.3) is 0 Å². The lowest BCUT2D eigenvalue weighted by Gasteiger charge is -2.21. The van der Waals surface area contributed by atoms with E-state index in [0.29, 0.717) is 28.3 Å². The molecule has 1 aliphatic rings. The third kappa shape index (κ3) is 5.18. The van der Waals surface area contributed by atoms with Gasteiger partial charge in [0.1, 0.15) is 6.04 Å². The van der Waals surface area contributed by atoms with Gasteiger partial charge in [-0.05, 0) is 56.0 Å². The van der Waals surface area contributed by atoms with E-state index >= 15 is 0 Å². The van der Waals surface area contributed by atoms with Gasteiger partial charge in [-0.15, -0.1) is 0 Å². The van der Waals surface area contributed by atoms with Gasteiger partial charge in [-0.2, -0.15) is 4.72 Å². The van der Waals surface area contributed by atoms with Crippen LogP contribution in [0.1, 0.15) is 22.3 Å². The van der Waals surface area contributed by atoms with E-state index in [9.17, 15) is 13.2 Å². The van der Waals surface area contributed by atoms with Gasteiger partial charge < -0.3 is 14.8 Å². The van der Waals surface area contributed by atoms with Crippen LogP contribution in [0.5, 0.6) is 11.5 Å². The van der Waals surface area contributed by atoms with Crippen LogP contribution >= 0.6 is 0 Å². The maximum Gasteiger partial charge on any atom is 0.242 e. The molecule has 4 rings (SSSR count). The van der Waals surface area contributed by atoms with Crippen molar-refractivity contribution in [1.29, 1.82) is 0 Å². The van der Waals surface area contributed by atoms with Crippen molar-refractivity contribution in [2.45, 2.75) is 38.1 Å². The second-order valence-electron chi connectivity index (χ2n) is 8.15. The number of ether oxygens (including phenoxy) is 2. The van der Waals surface area contributed by atoms with Crippen LogP contribution in [0.4, 0.5) is 5.69 Å². The highest BCUT2D eigenvalue weighted by Gasteiger charge is 2.29. The Kier molecular flexibility index (Phi) is 6.40. The molecule has 0 radical (unpaired) electrons. The largest absolute Gasteiger partial charge is 0.454 e. The van der Waals surface area contributed by atoms with Crippen LogP contribution in [-0.2, 0) is 21.2 Å². The average Bonchev–Trinajstić information content (AvgIpc) is 3.20. The number of rotatable bonds is 7. The molecular formula is C25H26N2O5S. The first-order valence-corrected chi connectivity index (χ1v) is 12.1.